The van der Waals surface area contributed by atoms with Crippen molar-refractivity contribution in [2.24, 2.45) is 28.3 Å². The number of guanidine groups is 1. The molecule has 26 heteroatoms. The first-order valence-electron chi connectivity index (χ1n) is 26.1. The number of hydrogen-bond donors (Lipinski definition) is 12. The highest BCUT2D eigenvalue weighted by molar-refractivity contribution is 5.98. The molecule has 14 N–H and O–H groups in total. The van der Waals surface area contributed by atoms with Gasteiger partial charge in [-0.05, 0) is 83.5 Å². The minimum Gasteiger partial charge on any atom is -0.391 e. The lowest BCUT2D eigenvalue weighted by molar-refractivity contribution is -0.142. The van der Waals surface area contributed by atoms with Gasteiger partial charge < -0.3 is 74.2 Å². The third kappa shape index (κ3) is 25.0. The molecule has 26 nitrogen and oxygen atoms in total. The van der Waals surface area contributed by atoms with Gasteiger partial charge in [-0.25, -0.2) is 0 Å². The Morgan fingerprint density at radius 3 is 1.83 bits per heavy atom. The molecular weight excluding hydrogens is 977 g/mol. The van der Waals surface area contributed by atoms with Gasteiger partial charge in [0.05, 0.1) is 19.2 Å². The summed E-state index contributed by atoms with van der Waals surface area (Å²) in [5.41, 5.74) is 11.0. The van der Waals surface area contributed by atoms with Gasteiger partial charge in [0.2, 0.25) is 65.0 Å². The van der Waals surface area contributed by atoms with Gasteiger partial charge in [-0.15, -0.1) is 0 Å². The number of likely N-dealkylation sites (tertiary alicyclic amines) is 1. The highest BCUT2D eigenvalue weighted by Gasteiger charge is 2.40. The van der Waals surface area contributed by atoms with E-state index < -0.39 is 108 Å². The van der Waals surface area contributed by atoms with E-state index >= 15 is 0 Å². The van der Waals surface area contributed by atoms with E-state index in [1.807, 2.05) is 0 Å². The summed E-state index contributed by atoms with van der Waals surface area (Å²) in [6.45, 7) is 14.8. The molecule has 11 amide bonds. The van der Waals surface area contributed by atoms with Crippen LogP contribution in [0.15, 0.2) is 4.99 Å². The van der Waals surface area contributed by atoms with Crippen molar-refractivity contribution >= 4 is 70.9 Å². The topological polar surface area (TPSA) is 387 Å². The van der Waals surface area contributed by atoms with Crippen LogP contribution in [0.5, 0.6) is 0 Å². The maximum Gasteiger partial charge on any atom is 0.245 e. The number of hydrogen-bond acceptors (Lipinski definition) is 13. The van der Waals surface area contributed by atoms with Crippen LogP contribution < -0.4 is 59.3 Å². The number of nitrogens with one attached hydrogen (secondary N) is 9. The Labute approximate surface area is 441 Å². The zero-order chi connectivity index (χ0) is 56.9. The Balaban J connectivity index is 3.37. The summed E-state index contributed by atoms with van der Waals surface area (Å²) < 4.78 is 0. The first kappa shape index (κ1) is 66.4. The van der Waals surface area contributed by atoms with Gasteiger partial charge >= 0.3 is 0 Å². The number of aliphatic hydroxyl groups is 1. The van der Waals surface area contributed by atoms with Crippen LogP contribution in [0.2, 0.25) is 0 Å². The van der Waals surface area contributed by atoms with Gasteiger partial charge in [-0.1, -0.05) is 47.5 Å². The fourth-order valence-electron chi connectivity index (χ4n) is 8.04. The molecule has 1 heterocycles. The van der Waals surface area contributed by atoms with Gasteiger partial charge in [-0.2, -0.15) is 0 Å². The maximum absolute atomic E-state index is 14.2. The van der Waals surface area contributed by atoms with E-state index in [9.17, 15) is 57.8 Å². The van der Waals surface area contributed by atoms with Crippen LogP contribution in [-0.4, -0.2) is 181 Å². The number of likely N-dealkylation sites (N-methyl/N-ethyl adjacent to an activating group) is 2. The fourth-order valence-corrected chi connectivity index (χ4v) is 8.04. The van der Waals surface area contributed by atoms with Crippen LogP contribution in [0.4, 0.5) is 0 Å². The van der Waals surface area contributed by atoms with E-state index in [2.05, 4.69) is 52.8 Å². The van der Waals surface area contributed by atoms with Crippen molar-refractivity contribution in [2.45, 2.75) is 181 Å². The number of nitrogens with two attached hydrogens (primary N) is 2. The highest BCUT2D eigenvalue weighted by atomic mass is 16.3. The van der Waals surface area contributed by atoms with Crippen LogP contribution in [0.25, 0.3) is 0 Å². The van der Waals surface area contributed by atoms with E-state index in [0.717, 1.165) is 4.90 Å². The van der Waals surface area contributed by atoms with Crippen LogP contribution in [0, 0.1) is 11.8 Å². The predicted octanol–water partition coefficient (Wildman–Crippen LogP) is -2.75. The first-order valence-corrected chi connectivity index (χ1v) is 26.1. The SMILES string of the molecule is CCC[C@H](NC(=O)[C@@H](NC(=O)[C@@H](CC(C)C)NC(=O)[C@H](CCCCNC(C)=O)NC(=O)CNC(=O)CN(C)C(C)=O)[C@@H](C)O)C(=O)N[C@H](C(=O)N[C@@H](CCCN=C(N)N)C(=O)N1CCC[C@H]1C(=O)NCC)[C@@H](C)CC. The molecule has 0 radical (unpaired) electrons. The van der Waals surface area contributed by atoms with Crippen LogP contribution in [0.3, 0.4) is 0 Å². The van der Waals surface area contributed by atoms with Crippen LogP contribution in [-0.2, 0) is 52.7 Å². The van der Waals surface area contributed by atoms with Gasteiger partial charge in [0.15, 0.2) is 5.96 Å². The quantitative estimate of drug-likeness (QED) is 0.0177. The predicted molar refractivity (Wildman–Crippen MR) is 279 cm³/mol. The van der Waals surface area contributed by atoms with Gasteiger partial charge in [0.25, 0.3) is 0 Å². The number of aliphatic imine (C=N–C) groups is 1. The second kappa shape index (κ2) is 34.8. The summed E-state index contributed by atoms with van der Waals surface area (Å²) in [5.74, 6) is -7.65. The van der Waals surface area contributed by atoms with E-state index in [-0.39, 0.29) is 74.8 Å². The molecule has 0 spiro atoms. The summed E-state index contributed by atoms with van der Waals surface area (Å²) in [6, 6.07) is -8.51. The van der Waals surface area contributed by atoms with Gasteiger partial charge in [-0.3, -0.25) is 57.7 Å². The molecule has 1 fully saturated rings. The molecule has 0 aromatic carbocycles. The molecule has 1 rings (SSSR count). The maximum atomic E-state index is 14.2. The molecule has 1 aliphatic heterocycles. The Morgan fingerprint density at radius 1 is 0.680 bits per heavy atom. The lowest BCUT2D eigenvalue weighted by Crippen LogP contribution is -2.62. The molecular formula is C49H88N14O12. The monoisotopic (exact) mass is 1060 g/mol. The van der Waals surface area contributed by atoms with Crippen molar-refractivity contribution < 1.29 is 57.8 Å². The molecule has 0 unspecified atom stereocenters. The second-order valence-electron chi connectivity index (χ2n) is 19.5. The first-order chi connectivity index (χ1) is 35.3. The summed E-state index contributed by atoms with van der Waals surface area (Å²) in [6.07, 6.45) is 1.61. The lowest BCUT2D eigenvalue weighted by atomic mass is 9.96. The Morgan fingerprint density at radius 2 is 1.25 bits per heavy atom. The minimum absolute atomic E-state index is 0.0457. The molecule has 75 heavy (non-hydrogen) atoms. The molecule has 0 aliphatic carbocycles. The fraction of sp³-hybridized carbons (Fsp3) is 0.755. The minimum atomic E-state index is -1.65. The van der Waals surface area contributed by atoms with Crippen molar-refractivity contribution in [3.63, 3.8) is 0 Å². The second-order valence-corrected chi connectivity index (χ2v) is 19.5. The largest absolute Gasteiger partial charge is 0.391 e. The third-order valence-corrected chi connectivity index (χ3v) is 12.5. The average molecular weight is 1070 g/mol. The number of amides is 11. The molecule has 0 saturated carbocycles. The van der Waals surface area contributed by atoms with Crippen molar-refractivity contribution in [3.05, 3.63) is 0 Å². The summed E-state index contributed by atoms with van der Waals surface area (Å²) in [4.78, 5) is 152. The summed E-state index contributed by atoms with van der Waals surface area (Å²) in [5, 5.41) is 34.6. The molecule has 426 valence electrons. The van der Waals surface area contributed by atoms with E-state index in [0.29, 0.717) is 58.2 Å². The van der Waals surface area contributed by atoms with Crippen LogP contribution in [0.1, 0.15) is 133 Å². The molecule has 0 bridgehead atoms. The van der Waals surface area contributed by atoms with Crippen molar-refractivity contribution in [3.8, 4) is 0 Å². The zero-order valence-electron chi connectivity index (χ0n) is 45.7. The number of aliphatic hydroxyl groups excluding tert-OH is 1. The molecule has 9 atom stereocenters. The van der Waals surface area contributed by atoms with Crippen molar-refractivity contribution in [1.82, 2.24) is 57.7 Å². The number of rotatable bonds is 34. The van der Waals surface area contributed by atoms with Gasteiger partial charge in [0.1, 0.15) is 42.3 Å². The number of carbonyl (C=O) groups excluding carboxylic acids is 11. The standard InChI is InChI=1S/C49H88N14O12/c1-11-18-33(43(70)60-40(29(6)12-2)46(73)58-35(20-16-23-54-49(50)51)48(75)63-24-17-21-37(63)45(72)52-13-3)57-47(74)41(30(7)64)61-44(71)36(25-28(4)5)59-42(69)34(19-14-15-22-53-31(8)65)56-38(67)26-55-39(68)27-62(10)32(9)66/h28-30,33-37,40-41,64H,11-27H2,1-10H3,(H,52,72)(H,53,65)(H,55,68)(H,56,67)(H,57,74)(H,58,73)(H,59,69)(H,60,70)(H,61,71)(H4,50,51,54)/t29-,30+,33-,34-,35-,36+,37-,40-,41-/m0/s1. The van der Waals surface area contributed by atoms with E-state index in [1.165, 1.54) is 32.7 Å². The summed E-state index contributed by atoms with van der Waals surface area (Å²) in [7, 11) is 1.41. The average Bonchev–Trinajstić information content (AvgIpc) is 3.83. The molecule has 0 aromatic heterocycles. The molecule has 1 aliphatic rings. The summed E-state index contributed by atoms with van der Waals surface area (Å²) >= 11 is 0. The Hall–Kier alpha value is -6.60. The van der Waals surface area contributed by atoms with Crippen molar-refractivity contribution in [2.75, 3.05) is 46.3 Å². The molecule has 0 aromatic rings. The Kier molecular flexibility index (Phi) is 30.8. The number of nitrogens with zero attached hydrogens (tertiary/aromatic N) is 3. The highest BCUT2D eigenvalue weighted by Crippen LogP contribution is 2.21. The van der Waals surface area contributed by atoms with E-state index in [1.54, 1.807) is 41.5 Å². The number of carbonyl (C=O) groups is 11. The lowest BCUT2D eigenvalue weighted by Gasteiger charge is -2.31. The zero-order valence-corrected chi connectivity index (χ0v) is 45.7. The van der Waals surface area contributed by atoms with Crippen molar-refractivity contribution in [1.29, 1.82) is 0 Å². The number of unbranched alkanes of at least 4 members (excludes halogenated alkanes) is 1. The van der Waals surface area contributed by atoms with Gasteiger partial charge in [0, 0.05) is 47.1 Å². The van der Waals surface area contributed by atoms with Crippen LogP contribution >= 0.6 is 0 Å². The normalized spacial score (nSPS) is 16.2. The molecule has 1 saturated heterocycles. The van der Waals surface area contributed by atoms with E-state index in [4.69, 9.17) is 11.5 Å². The smallest absolute Gasteiger partial charge is 0.245 e. The third-order valence-electron chi connectivity index (χ3n) is 12.5. The Bertz CT molecular complexity index is 1970.